The van der Waals surface area contributed by atoms with Crippen molar-refractivity contribution in [1.82, 2.24) is 4.72 Å². The van der Waals surface area contributed by atoms with Gasteiger partial charge in [-0.05, 0) is 57.0 Å². The molecule has 2 aromatic carbocycles. The highest BCUT2D eigenvalue weighted by molar-refractivity contribution is 7.89. The van der Waals surface area contributed by atoms with E-state index in [4.69, 9.17) is 5.73 Å². The van der Waals surface area contributed by atoms with Crippen LogP contribution in [-0.4, -0.2) is 19.9 Å². The largest absolute Gasteiger partial charge is 0.370 e. The van der Waals surface area contributed by atoms with Crippen molar-refractivity contribution in [2.24, 2.45) is 10.7 Å². The number of hydrogen-bond donors (Lipinski definition) is 3. The lowest BCUT2D eigenvalue weighted by atomic mass is 10.1. The molecule has 0 fully saturated rings. The maximum absolute atomic E-state index is 12.6. The summed E-state index contributed by atoms with van der Waals surface area (Å²) in [6.07, 6.45) is 0. The minimum absolute atomic E-state index is 0.159. The lowest BCUT2D eigenvalue weighted by Gasteiger charge is -2.21. The van der Waals surface area contributed by atoms with Gasteiger partial charge in [-0.2, -0.15) is 0 Å². The first-order valence-corrected chi connectivity index (χ1v) is 9.81. The van der Waals surface area contributed by atoms with Gasteiger partial charge in [-0.1, -0.05) is 30.3 Å². The number of aryl methyl sites for hydroxylation is 1. The second kappa shape index (κ2) is 7.88. The molecule has 2 aromatic rings. The minimum atomic E-state index is -3.64. The molecule has 0 amide bonds. The number of hydrogen-bond acceptors (Lipinski definition) is 3. The van der Waals surface area contributed by atoms with E-state index < -0.39 is 15.6 Å². The van der Waals surface area contributed by atoms with Gasteiger partial charge in [-0.15, -0.1) is 0 Å². The summed E-state index contributed by atoms with van der Waals surface area (Å²) in [5.41, 5.74) is 7.89. The SMILES string of the molecule is Cc1cccc(NC(N)=NCc2ccccc2S(=O)(=O)NC(C)(C)C)c1. The number of nitrogens with two attached hydrogens (primary N) is 1. The number of aliphatic imine (C=N–C) groups is 1. The summed E-state index contributed by atoms with van der Waals surface area (Å²) in [6.45, 7) is 7.55. The van der Waals surface area contributed by atoms with Crippen molar-refractivity contribution in [2.75, 3.05) is 5.32 Å². The molecule has 0 radical (unpaired) electrons. The van der Waals surface area contributed by atoms with Crippen molar-refractivity contribution in [2.45, 2.75) is 44.7 Å². The fraction of sp³-hybridized carbons (Fsp3) is 0.316. The van der Waals surface area contributed by atoms with E-state index in [-0.39, 0.29) is 17.4 Å². The molecule has 0 aromatic heterocycles. The van der Waals surface area contributed by atoms with Gasteiger partial charge in [0.2, 0.25) is 10.0 Å². The van der Waals surface area contributed by atoms with Crippen molar-refractivity contribution in [3.05, 3.63) is 59.7 Å². The third-order valence-electron chi connectivity index (χ3n) is 3.41. The first-order valence-electron chi connectivity index (χ1n) is 8.32. The van der Waals surface area contributed by atoms with Crippen molar-refractivity contribution in [1.29, 1.82) is 0 Å². The predicted octanol–water partition coefficient (Wildman–Crippen LogP) is 3.00. The van der Waals surface area contributed by atoms with E-state index >= 15 is 0 Å². The Balaban J connectivity index is 2.20. The molecule has 0 heterocycles. The van der Waals surface area contributed by atoms with Gasteiger partial charge < -0.3 is 11.1 Å². The maximum atomic E-state index is 12.6. The summed E-state index contributed by atoms with van der Waals surface area (Å²) in [4.78, 5) is 4.49. The van der Waals surface area contributed by atoms with E-state index in [0.717, 1.165) is 11.3 Å². The van der Waals surface area contributed by atoms with Gasteiger partial charge in [0, 0.05) is 11.2 Å². The summed E-state index contributed by atoms with van der Waals surface area (Å²) in [5, 5.41) is 3.01. The fourth-order valence-electron chi connectivity index (χ4n) is 2.44. The molecule has 0 aliphatic carbocycles. The van der Waals surface area contributed by atoms with Crippen LogP contribution >= 0.6 is 0 Å². The van der Waals surface area contributed by atoms with Crippen LogP contribution in [0, 0.1) is 6.92 Å². The van der Waals surface area contributed by atoms with Gasteiger partial charge in [0.15, 0.2) is 5.96 Å². The summed E-state index contributed by atoms with van der Waals surface area (Å²) in [7, 11) is -3.64. The monoisotopic (exact) mass is 374 g/mol. The van der Waals surface area contributed by atoms with Crippen LogP contribution in [0.2, 0.25) is 0 Å². The maximum Gasteiger partial charge on any atom is 0.241 e. The summed E-state index contributed by atoms with van der Waals surface area (Å²) >= 11 is 0. The number of rotatable bonds is 5. The van der Waals surface area contributed by atoms with Gasteiger partial charge in [-0.3, -0.25) is 0 Å². The van der Waals surface area contributed by atoms with Crippen LogP contribution in [-0.2, 0) is 16.6 Å². The molecule has 0 atom stereocenters. The molecule has 0 unspecified atom stereocenters. The van der Waals surface area contributed by atoms with Crippen LogP contribution in [0.25, 0.3) is 0 Å². The normalized spacial score (nSPS) is 12.8. The molecular weight excluding hydrogens is 348 g/mol. The first-order chi connectivity index (χ1) is 12.1. The van der Waals surface area contributed by atoms with Crippen LogP contribution < -0.4 is 15.8 Å². The van der Waals surface area contributed by atoms with E-state index in [1.165, 1.54) is 0 Å². The first kappa shape index (κ1) is 19.9. The van der Waals surface area contributed by atoms with Gasteiger partial charge in [0.05, 0.1) is 11.4 Å². The van der Waals surface area contributed by atoms with Crippen molar-refractivity contribution >= 4 is 21.7 Å². The summed E-state index contributed by atoms with van der Waals surface area (Å²) in [6, 6.07) is 14.5. The van der Waals surface area contributed by atoms with Crippen molar-refractivity contribution in [3.63, 3.8) is 0 Å². The molecule has 6 nitrogen and oxygen atoms in total. The minimum Gasteiger partial charge on any atom is -0.370 e. The molecule has 140 valence electrons. The zero-order valence-corrected chi connectivity index (χ0v) is 16.4. The van der Waals surface area contributed by atoms with Crippen LogP contribution in [0.5, 0.6) is 0 Å². The lowest BCUT2D eigenvalue weighted by Crippen LogP contribution is -2.40. The van der Waals surface area contributed by atoms with E-state index in [1.54, 1.807) is 45.0 Å². The number of guanidine groups is 1. The Bertz CT molecular complexity index is 900. The van der Waals surface area contributed by atoms with Gasteiger partial charge in [-0.25, -0.2) is 18.1 Å². The van der Waals surface area contributed by atoms with Gasteiger partial charge in [0.1, 0.15) is 0 Å². The molecule has 0 spiro atoms. The number of sulfonamides is 1. The Kier molecular flexibility index (Phi) is 6.05. The number of nitrogens with zero attached hydrogens (tertiary/aromatic N) is 1. The standard InChI is InChI=1S/C19H26N4O2S/c1-14-8-7-10-16(12-14)22-18(20)21-13-15-9-5-6-11-17(15)26(24,25)23-19(2,3)4/h5-12,23H,13H2,1-4H3,(H3,20,21,22). The quantitative estimate of drug-likeness (QED) is 0.554. The second-order valence-corrected chi connectivity index (χ2v) is 8.81. The highest BCUT2D eigenvalue weighted by Gasteiger charge is 2.24. The van der Waals surface area contributed by atoms with Crippen LogP contribution in [0.4, 0.5) is 5.69 Å². The van der Waals surface area contributed by atoms with E-state index in [0.29, 0.717) is 5.56 Å². The highest BCUT2D eigenvalue weighted by atomic mass is 32.2. The summed E-state index contributed by atoms with van der Waals surface area (Å²) in [5.74, 6) is 0.228. The third-order valence-corrected chi connectivity index (χ3v) is 5.27. The molecule has 26 heavy (non-hydrogen) atoms. The summed E-state index contributed by atoms with van der Waals surface area (Å²) < 4.78 is 27.9. The zero-order chi connectivity index (χ0) is 19.4. The van der Waals surface area contributed by atoms with E-state index in [1.807, 2.05) is 31.2 Å². The molecule has 0 aliphatic rings. The van der Waals surface area contributed by atoms with Crippen LogP contribution in [0.15, 0.2) is 58.4 Å². The average Bonchev–Trinajstić information content (AvgIpc) is 2.51. The topological polar surface area (TPSA) is 96.6 Å². The average molecular weight is 375 g/mol. The van der Waals surface area contributed by atoms with E-state index in [9.17, 15) is 8.42 Å². The van der Waals surface area contributed by atoms with Gasteiger partial charge >= 0.3 is 0 Å². The van der Waals surface area contributed by atoms with Crippen molar-refractivity contribution < 1.29 is 8.42 Å². The Labute approximate surface area is 155 Å². The number of benzene rings is 2. The van der Waals surface area contributed by atoms with Crippen LogP contribution in [0.1, 0.15) is 31.9 Å². The number of anilines is 1. The Morgan fingerprint density at radius 2 is 1.81 bits per heavy atom. The molecule has 4 N–H and O–H groups in total. The predicted molar refractivity (Wildman–Crippen MR) is 107 cm³/mol. The smallest absolute Gasteiger partial charge is 0.241 e. The second-order valence-electron chi connectivity index (χ2n) is 7.16. The van der Waals surface area contributed by atoms with Crippen LogP contribution in [0.3, 0.4) is 0 Å². The molecule has 0 saturated carbocycles. The number of nitrogens with one attached hydrogen (secondary N) is 2. The molecular formula is C19H26N4O2S. The Morgan fingerprint density at radius 1 is 1.12 bits per heavy atom. The lowest BCUT2D eigenvalue weighted by molar-refractivity contribution is 0.491. The van der Waals surface area contributed by atoms with Crippen molar-refractivity contribution in [3.8, 4) is 0 Å². The Morgan fingerprint density at radius 3 is 2.46 bits per heavy atom. The molecule has 0 saturated heterocycles. The Hall–Kier alpha value is -2.38. The molecule has 0 bridgehead atoms. The highest BCUT2D eigenvalue weighted by Crippen LogP contribution is 2.18. The molecule has 0 aliphatic heterocycles. The van der Waals surface area contributed by atoms with E-state index in [2.05, 4.69) is 15.0 Å². The fourth-order valence-corrected chi connectivity index (χ4v) is 4.09. The van der Waals surface area contributed by atoms with Gasteiger partial charge in [0.25, 0.3) is 0 Å². The molecule has 2 rings (SSSR count). The third kappa shape index (κ3) is 5.86. The zero-order valence-electron chi connectivity index (χ0n) is 15.6. The molecule has 7 heteroatoms.